The lowest BCUT2D eigenvalue weighted by Gasteiger charge is -2.06. The molecule has 0 spiro atoms. The molecule has 0 unspecified atom stereocenters. The van der Waals surface area contributed by atoms with Gasteiger partial charge in [-0.1, -0.05) is 6.92 Å². The number of hydrogen-bond donors (Lipinski definition) is 2. The van der Waals surface area contributed by atoms with Gasteiger partial charge in [-0.2, -0.15) is 5.10 Å². The number of aryl methyl sites for hydroxylation is 3. The van der Waals surface area contributed by atoms with Crippen molar-refractivity contribution in [2.24, 2.45) is 7.05 Å². The van der Waals surface area contributed by atoms with Gasteiger partial charge in [-0.15, -0.1) is 11.3 Å². The highest BCUT2D eigenvalue weighted by molar-refractivity contribution is 7.11. The van der Waals surface area contributed by atoms with Crippen LogP contribution in [0.5, 0.6) is 0 Å². The van der Waals surface area contributed by atoms with Crippen LogP contribution in [0.25, 0.3) is 0 Å². The summed E-state index contributed by atoms with van der Waals surface area (Å²) in [6, 6.07) is -0.226. The molecule has 7 heteroatoms. The summed E-state index contributed by atoms with van der Waals surface area (Å²) in [7, 11) is 1.84. The molecule has 2 heterocycles. The topological polar surface area (TPSA) is 71.8 Å². The van der Waals surface area contributed by atoms with Gasteiger partial charge in [0.15, 0.2) is 0 Å². The van der Waals surface area contributed by atoms with Crippen LogP contribution in [0.1, 0.15) is 34.6 Å². The largest absolute Gasteiger partial charge is 0.333 e. The highest BCUT2D eigenvalue weighted by Gasteiger charge is 2.10. The number of aromatic nitrogens is 3. The summed E-state index contributed by atoms with van der Waals surface area (Å²) >= 11 is 1.67. The van der Waals surface area contributed by atoms with Gasteiger partial charge < -0.3 is 10.6 Å². The molecule has 2 aromatic rings. The van der Waals surface area contributed by atoms with Crippen LogP contribution in [0.4, 0.5) is 10.5 Å². The van der Waals surface area contributed by atoms with Crippen LogP contribution in [0.3, 0.4) is 0 Å². The van der Waals surface area contributed by atoms with Gasteiger partial charge in [-0.25, -0.2) is 9.78 Å². The number of carbonyl (C=O) groups excluding carboxylic acids is 1. The van der Waals surface area contributed by atoms with E-state index in [0.717, 1.165) is 39.8 Å². The van der Waals surface area contributed by atoms with Gasteiger partial charge >= 0.3 is 6.03 Å². The average molecular weight is 307 g/mol. The summed E-state index contributed by atoms with van der Waals surface area (Å²) in [4.78, 5) is 17.5. The molecule has 0 aromatic carbocycles. The Kier molecular flexibility index (Phi) is 4.95. The fourth-order valence-electron chi connectivity index (χ4n) is 1.92. The van der Waals surface area contributed by atoms with Crippen LogP contribution < -0.4 is 10.6 Å². The maximum absolute atomic E-state index is 11.9. The maximum atomic E-state index is 11.9. The quantitative estimate of drug-likeness (QED) is 0.892. The van der Waals surface area contributed by atoms with Gasteiger partial charge in [0, 0.05) is 11.9 Å². The molecule has 2 amide bonds. The fraction of sp³-hybridized carbons (Fsp3) is 0.500. The number of nitrogens with zero attached hydrogens (tertiary/aromatic N) is 3. The van der Waals surface area contributed by atoms with Crippen molar-refractivity contribution in [3.8, 4) is 0 Å². The van der Waals surface area contributed by atoms with Crippen molar-refractivity contribution in [3.05, 3.63) is 27.5 Å². The molecule has 0 radical (unpaired) electrons. The molecule has 0 aliphatic carbocycles. The van der Waals surface area contributed by atoms with Crippen molar-refractivity contribution in [2.45, 2.75) is 40.2 Å². The second kappa shape index (κ2) is 6.71. The third-order valence-corrected chi connectivity index (χ3v) is 4.51. The van der Waals surface area contributed by atoms with Gasteiger partial charge in [0.05, 0.1) is 34.8 Å². The minimum atomic E-state index is -0.226. The Morgan fingerprint density at radius 3 is 2.81 bits per heavy atom. The molecule has 0 fully saturated rings. The summed E-state index contributed by atoms with van der Waals surface area (Å²) in [6.45, 7) is 6.53. The molecule has 114 valence electrons. The van der Waals surface area contributed by atoms with E-state index >= 15 is 0 Å². The van der Waals surface area contributed by atoms with Crippen molar-refractivity contribution < 1.29 is 4.79 Å². The normalized spacial score (nSPS) is 10.7. The van der Waals surface area contributed by atoms with E-state index in [1.54, 1.807) is 22.2 Å². The predicted molar refractivity (Wildman–Crippen MR) is 84.6 cm³/mol. The summed E-state index contributed by atoms with van der Waals surface area (Å²) in [5.41, 5.74) is 2.65. The SMILES string of the molecule is CCCc1nc(C)c(CNC(=O)Nc2cnn(C)c2C)s1. The zero-order valence-electron chi connectivity index (χ0n) is 12.9. The zero-order chi connectivity index (χ0) is 15.4. The van der Waals surface area contributed by atoms with E-state index in [0.29, 0.717) is 6.54 Å². The number of hydrogen-bond acceptors (Lipinski definition) is 4. The Hall–Kier alpha value is -1.89. The molecule has 0 saturated carbocycles. The maximum Gasteiger partial charge on any atom is 0.319 e. The lowest BCUT2D eigenvalue weighted by molar-refractivity contribution is 0.252. The number of thiazole rings is 1. The Balaban J connectivity index is 1.90. The van der Waals surface area contributed by atoms with Crippen molar-refractivity contribution in [1.82, 2.24) is 20.1 Å². The third kappa shape index (κ3) is 3.81. The first-order valence-corrected chi connectivity index (χ1v) is 7.81. The van der Waals surface area contributed by atoms with Gasteiger partial charge in [-0.3, -0.25) is 4.68 Å². The van der Waals surface area contributed by atoms with Crippen LogP contribution in [0, 0.1) is 13.8 Å². The first-order valence-electron chi connectivity index (χ1n) is 7.00. The highest BCUT2D eigenvalue weighted by Crippen LogP contribution is 2.19. The van der Waals surface area contributed by atoms with Crippen LogP contribution in [-0.4, -0.2) is 20.8 Å². The minimum Gasteiger partial charge on any atom is -0.333 e. The number of nitrogens with one attached hydrogen (secondary N) is 2. The van der Waals surface area contributed by atoms with Gasteiger partial charge in [0.1, 0.15) is 0 Å². The van der Waals surface area contributed by atoms with E-state index in [4.69, 9.17) is 0 Å². The van der Waals surface area contributed by atoms with Crippen LogP contribution >= 0.6 is 11.3 Å². The van der Waals surface area contributed by atoms with Crippen LogP contribution in [0.15, 0.2) is 6.20 Å². The number of urea groups is 1. The molecule has 2 N–H and O–H groups in total. The van der Waals surface area contributed by atoms with Crippen molar-refractivity contribution >= 4 is 23.1 Å². The van der Waals surface area contributed by atoms with Crippen LogP contribution in [0.2, 0.25) is 0 Å². The zero-order valence-corrected chi connectivity index (χ0v) is 13.7. The van der Waals surface area contributed by atoms with Gasteiger partial charge in [0.25, 0.3) is 0 Å². The number of carbonyl (C=O) groups is 1. The molecule has 0 aliphatic rings. The highest BCUT2D eigenvalue weighted by atomic mass is 32.1. The Bertz CT molecular complexity index is 631. The number of anilines is 1. The molecule has 0 atom stereocenters. The van der Waals surface area contributed by atoms with Crippen LogP contribution in [-0.2, 0) is 20.0 Å². The van der Waals surface area contributed by atoms with Crippen molar-refractivity contribution in [2.75, 3.05) is 5.32 Å². The predicted octanol–water partition coefficient (Wildman–Crippen LogP) is 2.77. The Morgan fingerprint density at radius 1 is 1.43 bits per heavy atom. The molecule has 6 nitrogen and oxygen atoms in total. The molecule has 2 aromatic heterocycles. The molecular formula is C14H21N5OS. The molecule has 0 bridgehead atoms. The monoisotopic (exact) mass is 307 g/mol. The molecule has 0 saturated heterocycles. The standard InChI is InChI=1S/C14H21N5OS/c1-5-6-13-17-9(2)12(21-13)8-15-14(20)18-11-7-16-19(4)10(11)3/h7H,5-6,8H2,1-4H3,(H2,15,18,20). The molecule has 21 heavy (non-hydrogen) atoms. The lowest BCUT2D eigenvalue weighted by Crippen LogP contribution is -2.28. The number of rotatable bonds is 5. The van der Waals surface area contributed by atoms with Gasteiger partial charge in [0.2, 0.25) is 0 Å². The van der Waals surface area contributed by atoms with E-state index in [-0.39, 0.29) is 6.03 Å². The number of amides is 2. The smallest absolute Gasteiger partial charge is 0.319 e. The van der Waals surface area contributed by atoms with E-state index in [1.165, 1.54) is 0 Å². The van der Waals surface area contributed by atoms with Gasteiger partial charge in [-0.05, 0) is 26.7 Å². The van der Waals surface area contributed by atoms with E-state index < -0.39 is 0 Å². The Morgan fingerprint density at radius 2 is 2.19 bits per heavy atom. The minimum absolute atomic E-state index is 0.226. The molecular weight excluding hydrogens is 286 g/mol. The van der Waals surface area contributed by atoms with E-state index in [2.05, 4.69) is 27.6 Å². The fourth-order valence-corrected chi connectivity index (χ4v) is 3.03. The summed E-state index contributed by atoms with van der Waals surface area (Å²) in [5.74, 6) is 0. The summed E-state index contributed by atoms with van der Waals surface area (Å²) in [5, 5.41) is 10.9. The second-order valence-electron chi connectivity index (χ2n) is 4.94. The average Bonchev–Trinajstić information content (AvgIpc) is 2.94. The lowest BCUT2D eigenvalue weighted by atomic mass is 10.3. The Labute approximate surface area is 128 Å². The second-order valence-corrected chi connectivity index (χ2v) is 6.11. The summed E-state index contributed by atoms with van der Waals surface area (Å²) < 4.78 is 1.72. The van der Waals surface area contributed by atoms with Crippen molar-refractivity contribution in [3.63, 3.8) is 0 Å². The first-order chi connectivity index (χ1) is 10.0. The summed E-state index contributed by atoms with van der Waals surface area (Å²) in [6.07, 6.45) is 3.72. The first kappa shape index (κ1) is 15.5. The van der Waals surface area contributed by atoms with E-state index in [1.807, 2.05) is 20.9 Å². The van der Waals surface area contributed by atoms with Crippen molar-refractivity contribution in [1.29, 1.82) is 0 Å². The van der Waals surface area contributed by atoms with E-state index in [9.17, 15) is 4.79 Å². The molecule has 2 rings (SSSR count). The third-order valence-electron chi connectivity index (χ3n) is 3.29. The molecule has 0 aliphatic heterocycles.